The van der Waals surface area contributed by atoms with Gasteiger partial charge in [0.2, 0.25) is 11.7 Å². The lowest BCUT2D eigenvalue weighted by Crippen LogP contribution is -2.31. The Morgan fingerprint density at radius 3 is 2.89 bits per heavy atom. The van der Waals surface area contributed by atoms with Crippen molar-refractivity contribution >= 4 is 22.7 Å². The molecule has 1 saturated heterocycles. The molecule has 0 saturated carbocycles. The molecule has 19 heavy (non-hydrogen) atoms. The van der Waals surface area contributed by atoms with Crippen molar-refractivity contribution in [2.45, 2.75) is 13.3 Å². The average molecular weight is 257 g/mol. The number of carbonyl (C=O) groups is 2. The van der Waals surface area contributed by atoms with Crippen LogP contribution in [0.3, 0.4) is 0 Å². The highest BCUT2D eigenvalue weighted by Gasteiger charge is 2.28. The van der Waals surface area contributed by atoms with Gasteiger partial charge in [0.15, 0.2) is 5.76 Å². The average Bonchev–Trinajstić information content (AvgIpc) is 2.93. The number of likely N-dealkylation sites (tertiary alicyclic amines) is 1. The first-order chi connectivity index (χ1) is 9.13. The molecule has 0 bridgehead atoms. The van der Waals surface area contributed by atoms with E-state index in [1.165, 1.54) is 0 Å². The summed E-state index contributed by atoms with van der Waals surface area (Å²) in [5, 5.41) is 0.909. The standard InChI is InChI=1S/C15H15NO3/c1-10-6-15(18)16(8-10)9-12(17)14-7-11-4-2-3-5-13(11)19-14/h2-5,7,10H,6,8-9H2,1H3. The number of carbonyl (C=O) groups excluding carboxylic acids is 2. The van der Waals surface area contributed by atoms with Crippen LogP contribution in [0.25, 0.3) is 11.0 Å². The van der Waals surface area contributed by atoms with Crippen molar-refractivity contribution in [1.82, 2.24) is 4.90 Å². The van der Waals surface area contributed by atoms with Gasteiger partial charge in [-0.25, -0.2) is 0 Å². The van der Waals surface area contributed by atoms with E-state index in [1.807, 2.05) is 31.2 Å². The van der Waals surface area contributed by atoms with Crippen molar-refractivity contribution in [1.29, 1.82) is 0 Å². The molecule has 3 rings (SSSR count). The molecule has 1 atom stereocenters. The number of benzene rings is 1. The minimum Gasteiger partial charge on any atom is -0.453 e. The Labute approximate surface area is 111 Å². The lowest BCUT2D eigenvalue weighted by atomic mass is 10.2. The largest absolute Gasteiger partial charge is 0.453 e. The lowest BCUT2D eigenvalue weighted by Gasteiger charge is -2.13. The molecule has 1 aromatic heterocycles. The fraction of sp³-hybridized carbons (Fsp3) is 0.333. The van der Waals surface area contributed by atoms with E-state index >= 15 is 0 Å². The molecule has 1 aromatic carbocycles. The zero-order valence-corrected chi connectivity index (χ0v) is 10.8. The molecule has 1 unspecified atom stereocenters. The molecule has 4 heteroatoms. The number of para-hydroxylation sites is 1. The predicted octanol–water partition coefficient (Wildman–Crippen LogP) is 2.48. The molecule has 2 aromatic rings. The Balaban J connectivity index is 1.78. The van der Waals surface area contributed by atoms with Gasteiger partial charge in [0.05, 0.1) is 6.54 Å². The summed E-state index contributed by atoms with van der Waals surface area (Å²) in [6.45, 7) is 2.79. The number of fused-ring (bicyclic) bond motifs is 1. The third-order valence-electron chi connectivity index (χ3n) is 3.44. The Kier molecular flexibility index (Phi) is 2.85. The van der Waals surface area contributed by atoms with Gasteiger partial charge in [-0.15, -0.1) is 0 Å². The first-order valence-corrected chi connectivity index (χ1v) is 6.43. The van der Waals surface area contributed by atoms with Crippen molar-refractivity contribution in [2.24, 2.45) is 5.92 Å². The maximum atomic E-state index is 12.1. The first kappa shape index (κ1) is 12.0. The van der Waals surface area contributed by atoms with Gasteiger partial charge in [-0.3, -0.25) is 9.59 Å². The molecule has 98 valence electrons. The van der Waals surface area contributed by atoms with E-state index in [9.17, 15) is 9.59 Å². The number of ketones is 1. The third kappa shape index (κ3) is 2.26. The number of amides is 1. The maximum absolute atomic E-state index is 12.1. The van der Waals surface area contributed by atoms with E-state index in [0.717, 1.165) is 5.39 Å². The maximum Gasteiger partial charge on any atom is 0.223 e. The Morgan fingerprint density at radius 2 is 2.21 bits per heavy atom. The fourth-order valence-electron chi connectivity index (χ4n) is 2.49. The zero-order valence-electron chi connectivity index (χ0n) is 10.8. The SMILES string of the molecule is CC1CC(=O)N(CC(=O)c2cc3ccccc3o2)C1. The number of Topliss-reactive ketones (excluding diaryl/α,β-unsaturated/α-hetero) is 1. The van der Waals surface area contributed by atoms with E-state index in [2.05, 4.69) is 0 Å². The summed E-state index contributed by atoms with van der Waals surface area (Å²) in [5.74, 6) is 0.570. The summed E-state index contributed by atoms with van der Waals surface area (Å²) in [4.78, 5) is 25.4. The summed E-state index contributed by atoms with van der Waals surface area (Å²) >= 11 is 0. The van der Waals surface area contributed by atoms with E-state index < -0.39 is 0 Å². The van der Waals surface area contributed by atoms with Crippen LogP contribution in [0.1, 0.15) is 23.9 Å². The Bertz CT molecular complexity index is 611. The predicted molar refractivity (Wildman–Crippen MR) is 70.9 cm³/mol. The van der Waals surface area contributed by atoms with Crippen LogP contribution in [-0.2, 0) is 4.79 Å². The van der Waals surface area contributed by atoms with Crippen molar-refractivity contribution < 1.29 is 14.0 Å². The van der Waals surface area contributed by atoms with Crippen molar-refractivity contribution in [3.63, 3.8) is 0 Å². The summed E-state index contributed by atoms with van der Waals surface area (Å²) in [6.07, 6.45) is 0.535. The van der Waals surface area contributed by atoms with Crippen LogP contribution >= 0.6 is 0 Å². The van der Waals surface area contributed by atoms with Gasteiger partial charge >= 0.3 is 0 Å². The third-order valence-corrected chi connectivity index (χ3v) is 3.44. The molecule has 0 aliphatic carbocycles. The van der Waals surface area contributed by atoms with Crippen molar-refractivity contribution in [3.8, 4) is 0 Å². The van der Waals surface area contributed by atoms with Gasteiger partial charge in [0, 0.05) is 18.4 Å². The molecule has 1 fully saturated rings. The molecule has 0 radical (unpaired) electrons. The van der Waals surface area contributed by atoms with E-state index in [1.54, 1.807) is 11.0 Å². The fourth-order valence-corrected chi connectivity index (χ4v) is 2.49. The van der Waals surface area contributed by atoms with E-state index in [4.69, 9.17) is 4.42 Å². The summed E-state index contributed by atoms with van der Waals surface area (Å²) < 4.78 is 5.51. The highest BCUT2D eigenvalue weighted by atomic mass is 16.3. The Hall–Kier alpha value is -2.10. The molecule has 0 N–H and O–H groups in total. The van der Waals surface area contributed by atoms with Gasteiger partial charge in [-0.1, -0.05) is 25.1 Å². The molecule has 1 amide bonds. The smallest absolute Gasteiger partial charge is 0.223 e. The van der Waals surface area contributed by atoms with Gasteiger partial charge in [0.25, 0.3) is 0 Å². The summed E-state index contributed by atoms with van der Waals surface area (Å²) in [6, 6.07) is 9.24. The quantitative estimate of drug-likeness (QED) is 0.794. The second-order valence-corrected chi connectivity index (χ2v) is 5.16. The highest BCUT2D eigenvalue weighted by molar-refractivity contribution is 6.00. The summed E-state index contributed by atoms with van der Waals surface area (Å²) in [5.41, 5.74) is 0.701. The minimum absolute atomic E-state index is 0.0527. The van der Waals surface area contributed by atoms with Gasteiger partial charge in [-0.05, 0) is 18.1 Å². The van der Waals surface area contributed by atoms with Crippen molar-refractivity contribution in [3.05, 3.63) is 36.1 Å². The van der Waals surface area contributed by atoms with Gasteiger partial charge < -0.3 is 9.32 Å². The van der Waals surface area contributed by atoms with Crippen LogP contribution in [0, 0.1) is 5.92 Å². The van der Waals surface area contributed by atoms with Crippen LogP contribution in [-0.4, -0.2) is 29.7 Å². The molecule has 2 heterocycles. The van der Waals surface area contributed by atoms with Crippen LogP contribution < -0.4 is 0 Å². The zero-order chi connectivity index (χ0) is 13.4. The van der Waals surface area contributed by atoms with Crippen LogP contribution in [0.4, 0.5) is 0 Å². The molecule has 1 aliphatic heterocycles. The summed E-state index contributed by atoms with van der Waals surface area (Å²) in [7, 11) is 0. The number of nitrogens with zero attached hydrogens (tertiary/aromatic N) is 1. The van der Waals surface area contributed by atoms with Crippen LogP contribution in [0.2, 0.25) is 0 Å². The molecular formula is C15H15NO3. The molecule has 0 spiro atoms. The van der Waals surface area contributed by atoms with Crippen LogP contribution in [0.15, 0.2) is 34.7 Å². The van der Waals surface area contributed by atoms with Gasteiger partial charge in [0.1, 0.15) is 5.58 Å². The Morgan fingerprint density at radius 1 is 1.42 bits per heavy atom. The number of hydrogen-bond acceptors (Lipinski definition) is 3. The highest BCUT2D eigenvalue weighted by Crippen LogP contribution is 2.21. The van der Waals surface area contributed by atoms with E-state index in [0.29, 0.717) is 30.2 Å². The number of furan rings is 1. The molecule has 1 aliphatic rings. The number of hydrogen-bond donors (Lipinski definition) is 0. The molecule has 4 nitrogen and oxygen atoms in total. The van der Waals surface area contributed by atoms with Crippen LogP contribution in [0.5, 0.6) is 0 Å². The van der Waals surface area contributed by atoms with Crippen molar-refractivity contribution in [2.75, 3.05) is 13.1 Å². The second-order valence-electron chi connectivity index (χ2n) is 5.16. The lowest BCUT2D eigenvalue weighted by molar-refractivity contribution is -0.127. The second kappa shape index (κ2) is 4.53. The molecular weight excluding hydrogens is 242 g/mol. The monoisotopic (exact) mass is 257 g/mol. The van der Waals surface area contributed by atoms with E-state index in [-0.39, 0.29) is 18.2 Å². The van der Waals surface area contributed by atoms with Gasteiger partial charge in [-0.2, -0.15) is 0 Å². The normalized spacial score (nSPS) is 19.3. The topological polar surface area (TPSA) is 50.5 Å². The first-order valence-electron chi connectivity index (χ1n) is 6.43. The minimum atomic E-state index is -0.140. The number of rotatable bonds is 3.